The molecule has 1 N–H and O–H groups in total. The fourth-order valence-corrected chi connectivity index (χ4v) is 2.99. The normalized spacial score (nSPS) is 25.6. The van der Waals surface area contributed by atoms with Crippen molar-refractivity contribution in [3.63, 3.8) is 0 Å². The molecule has 2 saturated heterocycles. The zero-order valence-corrected chi connectivity index (χ0v) is 11.5. The number of aliphatic carboxylic acids is 1. The fraction of sp³-hybridized carbons (Fsp3) is 0.857. The molecule has 5 nitrogen and oxygen atoms in total. The Labute approximate surface area is 114 Å². The standard InChI is InChI=1S/C14H24N2O3/c17-13(18)12-7-6-10-16(11-12)14(19)15-8-4-2-1-3-5-9-15/h12H,1-11H2,(H,17,18)/t12-/m1/s1. The van der Waals surface area contributed by atoms with Gasteiger partial charge < -0.3 is 14.9 Å². The Kier molecular flexibility index (Phi) is 5.05. The molecular weight excluding hydrogens is 244 g/mol. The third-order valence-electron chi connectivity index (χ3n) is 4.17. The van der Waals surface area contributed by atoms with E-state index in [9.17, 15) is 9.59 Å². The van der Waals surface area contributed by atoms with Gasteiger partial charge in [-0.3, -0.25) is 4.79 Å². The number of carboxylic acids is 1. The van der Waals surface area contributed by atoms with Gasteiger partial charge in [-0.1, -0.05) is 19.3 Å². The highest BCUT2D eigenvalue weighted by molar-refractivity contribution is 5.76. The minimum atomic E-state index is -0.773. The van der Waals surface area contributed by atoms with E-state index in [1.54, 1.807) is 4.90 Å². The smallest absolute Gasteiger partial charge is 0.320 e. The molecule has 2 amide bonds. The highest BCUT2D eigenvalue weighted by atomic mass is 16.4. The molecule has 0 aromatic rings. The predicted molar refractivity (Wildman–Crippen MR) is 72.0 cm³/mol. The molecule has 108 valence electrons. The van der Waals surface area contributed by atoms with Gasteiger partial charge in [-0.05, 0) is 25.7 Å². The monoisotopic (exact) mass is 268 g/mol. The number of piperidine rings is 1. The summed E-state index contributed by atoms with van der Waals surface area (Å²) in [6.07, 6.45) is 7.30. The van der Waals surface area contributed by atoms with Gasteiger partial charge in [-0.25, -0.2) is 4.79 Å². The SMILES string of the molecule is O=C(O)[C@@H]1CCCN(C(=O)N2CCCCCCC2)C1. The average Bonchev–Trinajstić information content (AvgIpc) is 2.38. The van der Waals surface area contributed by atoms with Crippen molar-refractivity contribution in [2.24, 2.45) is 5.92 Å². The lowest BCUT2D eigenvalue weighted by atomic mass is 9.98. The van der Waals surface area contributed by atoms with Crippen molar-refractivity contribution in [1.29, 1.82) is 0 Å². The van der Waals surface area contributed by atoms with Crippen LogP contribution < -0.4 is 0 Å². The van der Waals surface area contributed by atoms with E-state index in [1.807, 2.05) is 4.90 Å². The van der Waals surface area contributed by atoms with E-state index in [2.05, 4.69) is 0 Å². The van der Waals surface area contributed by atoms with Crippen LogP contribution in [0.4, 0.5) is 4.79 Å². The van der Waals surface area contributed by atoms with Gasteiger partial charge in [-0.2, -0.15) is 0 Å². The Bertz CT molecular complexity index is 325. The van der Waals surface area contributed by atoms with E-state index in [1.165, 1.54) is 19.3 Å². The van der Waals surface area contributed by atoms with Crippen molar-refractivity contribution < 1.29 is 14.7 Å². The molecule has 0 saturated carbocycles. The fourth-order valence-electron chi connectivity index (χ4n) is 2.99. The highest BCUT2D eigenvalue weighted by Crippen LogP contribution is 2.19. The van der Waals surface area contributed by atoms with E-state index in [4.69, 9.17) is 5.11 Å². The van der Waals surface area contributed by atoms with Gasteiger partial charge in [-0.15, -0.1) is 0 Å². The molecule has 2 aliphatic heterocycles. The van der Waals surface area contributed by atoms with Crippen LogP contribution >= 0.6 is 0 Å². The van der Waals surface area contributed by atoms with Gasteiger partial charge in [0, 0.05) is 26.2 Å². The number of carboxylic acid groups (broad SMARTS) is 1. The van der Waals surface area contributed by atoms with Crippen molar-refractivity contribution in [3.8, 4) is 0 Å². The molecule has 0 radical (unpaired) electrons. The highest BCUT2D eigenvalue weighted by Gasteiger charge is 2.30. The number of carbonyl (C=O) groups excluding carboxylic acids is 1. The van der Waals surface area contributed by atoms with Crippen molar-refractivity contribution in [1.82, 2.24) is 9.80 Å². The second-order valence-electron chi connectivity index (χ2n) is 5.66. The zero-order valence-electron chi connectivity index (χ0n) is 11.5. The first-order chi connectivity index (χ1) is 9.18. The van der Waals surface area contributed by atoms with Crippen LogP contribution in [-0.4, -0.2) is 53.1 Å². The third-order valence-corrected chi connectivity index (χ3v) is 4.17. The van der Waals surface area contributed by atoms with Crippen LogP contribution in [0.1, 0.15) is 44.9 Å². The van der Waals surface area contributed by atoms with E-state index < -0.39 is 5.97 Å². The van der Waals surface area contributed by atoms with Crippen LogP contribution in [0.2, 0.25) is 0 Å². The Morgan fingerprint density at radius 2 is 1.42 bits per heavy atom. The first kappa shape index (κ1) is 14.2. The second-order valence-corrected chi connectivity index (χ2v) is 5.66. The van der Waals surface area contributed by atoms with Gasteiger partial charge >= 0.3 is 12.0 Å². The number of hydrogen-bond donors (Lipinski definition) is 1. The molecule has 2 rings (SSSR count). The molecule has 19 heavy (non-hydrogen) atoms. The quantitative estimate of drug-likeness (QED) is 0.793. The van der Waals surface area contributed by atoms with Crippen molar-refractivity contribution in [2.75, 3.05) is 26.2 Å². The summed E-state index contributed by atoms with van der Waals surface area (Å²) in [6, 6.07) is 0.0489. The summed E-state index contributed by atoms with van der Waals surface area (Å²) in [5.74, 6) is -1.15. The number of carbonyl (C=O) groups is 2. The third kappa shape index (κ3) is 3.85. The van der Waals surface area contributed by atoms with E-state index in [0.717, 1.165) is 32.4 Å². The topological polar surface area (TPSA) is 60.9 Å². The van der Waals surface area contributed by atoms with Crippen LogP contribution in [0.15, 0.2) is 0 Å². The van der Waals surface area contributed by atoms with Crippen LogP contribution in [0.3, 0.4) is 0 Å². The summed E-state index contributed by atoms with van der Waals surface area (Å²) in [5.41, 5.74) is 0. The largest absolute Gasteiger partial charge is 0.481 e. The molecular formula is C14H24N2O3. The molecule has 1 atom stereocenters. The van der Waals surface area contributed by atoms with Crippen molar-refractivity contribution >= 4 is 12.0 Å². The maximum Gasteiger partial charge on any atom is 0.320 e. The lowest BCUT2D eigenvalue weighted by Gasteiger charge is -2.35. The molecule has 5 heteroatoms. The molecule has 0 aliphatic carbocycles. The van der Waals surface area contributed by atoms with Gasteiger partial charge in [0.1, 0.15) is 0 Å². The molecule has 2 aliphatic rings. The van der Waals surface area contributed by atoms with Crippen LogP contribution in [0, 0.1) is 5.92 Å². The minimum Gasteiger partial charge on any atom is -0.481 e. The molecule has 0 bridgehead atoms. The van der Waals surface area contributed by atoms with Gasteiger partial charge in [0.25, 0.3) is 0 Å². The number of hydrogen-bond acceptors (Lipinski definition) is 2. The van der Waals surface area contributed by atoms with Crippen LogP contribution in [0.5, 0.6) is 0 Å². The lowest BCUT2D eigenvalue weighted by molar-refractivity contribution is -0.143. The van der Waals surface area contributed by atoms with Crippen LogP contribution in [0.25, 0.3) is 0 Å². The van der Waals surface area contributed by atoms with Crippen molar-refractivity contribution in [3.05, 3.63) is 0 Å². The Balaban J connectivity index is 1.91. The molecule has 2 heterocycles. The van der Waals surface area contributed by atoms with Gasteiger partial charge in [0.05, 0.1) is 5.92 Å². The Morgan fingerprint density at radius 1 is 0.842 bits per heavy atom. The first-order valence-electron chi connectivity index (χ1n) is 7.45. The molecule has 0 aromatic carbocycles. The Morgan fingerprint density at radius 3 is 2.05 bits per heavy atom. The second kappa shape index (κ2) is 6.78. The zero-order chi connectivity index (χ0) is 13.7. The number of nitrogens with zero attached hydrogens (tertiary/aromatic N) is 2. The van der Waals surface area contributed by atoms with Gasteiger partial charge in [0.15, 0.2) is 0 Å². The van der Waals surface area contributed by atoms with E-state index in [0.29, 0.717) is 19.5 Å². The summed E-state index contributed by atoms with van der Waals surface area (Å²) < 4.78 is 0. The Hall–Kier alpha value is -1.26. The number of likely N-dealkylation sites (tertiary alicyclic amines) is 2. The summed E-state index contributed by atoms with van der Waals surface area (Å²) in [6.45, 7) is 2.74. The number of rotatable bonds is 1. The average molecular weight is 268 g/mol. The summed E-state index contributed by atoms with van der Waals surface area (Å²) in [7, 11) is 0. The first-order valence-corrected chi connectivity index (χ1v) is 7.45. The van der Waals surface area contributed by atoms with Crippen molar-refractivity contribution in [2.45, 2.75) is 44.9 Å². The molecule has 2 fully saturated rings. The maximum absolute atomic E-state index is 12.4. The van der Waals surface area contributed by atoms with Crippen LogP contribution in [-0.2, 0) is 4.79 Å². The van der Waals surface area contributed by atoms with E-state index in [-0.39, 0.29) is 11.9 Å². The summed E-state index contributed by atoms with van der Waals surface area (Å²) in [5, 5.41) is 9.08. The lowest BCUT2D eigenvalue weighted by Crippen LogP contribution is -2.49. The molecule has 0 spiro atoms. The molecule has 0 unspecified atom stereocenters. The van der Waals surface area contributed by atoms with Gasteiger partial charge in [0.2, 0.25) is 0 Å². The summed E-state index contributed by atoms with van der Waals surface area (Å²) in [4.78, 5) is 27.2. The number of urea groups is 1. The predicted octanol–water partition coefficient (Wildman–Crippen LogP) is 2.17. The summed E-state index contributed by atoms with van der Waals surface area (Å²) >= 11 is 0. The maximum atomic E-state index is 12.4. The minimum absolute atomic E-state index is 0.0489. The number of amides is 2. The molecule has 0 aromatic heterocycles. The van der Waals surface area contributed by atoms with E-state index >= 15 is 0 Å².